The van der Waals surface area contributed by atoms with E-state index in [-0.39, 0.29) is 5.41 Å². The molecule has 0 radical (unpaired) electrons. The van der Waals surface area contributed by atoms with E-state index >= 15 is 0 Å². The van der Waals surface area contributed by atoms with E-state index in [4.69, 9.17) is 0 Å². The van der Waals surface area contributed by atoms with Crippen LogP contribution in [0.5, 0.6) is 0 Å². The smallest absolute Gasteiger partial charge is 0.229 e. The zero-order chi connectivity index (χ0) is 10.2. The predicted molar refractivity (Wildman–Crippen MR) is 59.2 cm³/mol. The largest absolute Gasteiger partial charge is 0.329 e. The lowest BCUT2D eigenvalue weighted by Crippen LogP contribution is -2.46. The van der Waals surface area contributed by atoms with Gasteiger partial charge in [0.1, 0.15) is 0 Å². The number of hydrogen-bond donors (Lipinski definition) is 1. The first-order chi connectivity index (χ1) is 6.62. The van der Waals surface area contributed by atoms with Gasteiger partial charge < -0.3 is 4.90 Å². The van der Waals surface area contributed by atoms with Crippen LogP contribution >= 0.6 is 11.8 Å². The molecular formula is C10H18N2OS. The van der Waals surface area contributed by atoms with Crippen molar-refractivity contribution in [2.75, 3.05) is 31.3 Å². The maximum atomic E-state index is 12.2. The molecule has 2 bridgehead atoms. The number of carbonyl (C=O) groups excluding carboxylic acids is 1. The highest BCUT2D eigenvalue weighted by molar-refractivity contribution is 7.99. The summed E-state index contributed by atoms with van der Waals surface area (Å²) in [5.41, 5.74) is -0.184. The Morgan fingerprint density at radius 1 is 1.57 bits per heavy atom. The molecule has 1 unspecified atom stereocenters. The average molecular weight is 214 g/mol. The summed E-state index contributed by atoms with van der Waals surface area (Å²) in [5, 5.41) is 3.37. The van der Waals surface area contributed by atoms with Crippen LogP contribution in [0.4, 0.5) is 0 Å². The van der Waals surface area contributed by atoms with Gasteiger partial charge in [0.2, 0.25) is 5.91 Å². The molecule has 0 aromatic carbocycles. The summed E-state index contributed by atoms with van der Waals surface area (Å²) in [5.74, 6) is 3.00. The van der Waals surface area contributed by atoms with Crippen LogP contribution in [-0.4, -0.2) is 42.1 Å². The van der Waals surface area contributed by atoms with Gasteiger partial charge in [-0.3, -0.25) is 10.1 Å². The van der Waals surface area contributed by atoms with E-state index in [0.717, 1.165) is 31.3 Å². The molecule has 4 heteroatoms. The van der Waals surface area contributed by atoms with Crippen LogP contribution in [0.3, 0.4) is 0 Å². The number of thioether (sulfide) groups is 1. The van der Waals surface area contributed by atoms with Crippen molar-refractivity contribution in [2.45, 2.75) is 13.8 Å². The van der Waals surface area contributed by atoms with Crippen molar-refractivity contribution in [3.05, 3.63) is 0 Å². The number of carbonyl (C=O) groups is 1. The van der Waals surface area contributed by atoms with Gasteiger partial charge in [0.15, 0.2) is 0 Å². The summed E-state index contributed by atoms with van der Waals surface area (Å²) < 4.78 is 0. The topological polar surface area (TPSA) is 32.3 Å². The van der Waals surface area contributed by atoms with Crippen LogP contribution in [-0.2, 0) is 4.79 Å². The molecule has 14 heavy (non-hydrogen) atoms. The minimum absolute atomic E-state index is 0.184. The van der Waals surface area contributed by atoms with E-state index in [0.29, 0.717) is 11.8 Å². The zero-order valence-corrected chi connectivity index (χ0v) is 9.69. The van der Waals surface area contributed by atoms with Crippen LogP contribution < -0.4 is 5.32 Å². The van der Waals surface area contributed by atoms with Gasteiger partial charge in [0, 0.05) is 24.3 Å². The molecule has 1 atom stereocenters. The second-order valence-corrected chi connectivity index (χ2v) is 5.82. The average Bonchev–Trinajstić information content (AvgIpc) is 2.28. The van der Waals surface area contributed by atoms with Gasteiger partial charge in [-0.1, -0.05) is 13.8 Å². The van der Waals surface area contributed by atoms with E-state index in [2.05, 4.69) is 19.2 Å². The Morgan fingerprint density at radius 2 is 2.36 bits per heavy atom. The van der Waals surface area contributed by atoms with E-state index in [9.17, 15) is 4.79 Å². The third-order valence-electron chi connectivity index (χ3n) is 3.38. The van der Waals surface area contributed by atoms with E-state index in [1.54, 1.807) is 0 Å². The molecule has 3 nitrogen and oxygen atoms in total. The van der Waals surface area contributed by atoms with Gasteiger partial charge in [-0.25, -0.2) is 0 Å². The third kappa shape index (κ3) is 1.65. The summed E-state index contributed by atoms with van der Waals surface area (Å²) in [6.45, 7) is 6.78. The fourth-order valence-electron chi connectivity index (χ4n) is 2.13. The van der Waals surface area contributed by atoms with Crippen molar-refractivity contribution < 1.29 is 4.79 Å². The summed E-state index contributed by atoms with van der Waals surface area (Å²) in [6, 6.07) is 0. The molecule has 2 saturated heterocycles. The number of hydrogen-bond acceptors (Lipinski definition) is 3. The predicted octanol–water partition coefficient (Wildman–Crippen LogP) is 0.765. The minimum Gasteiger partial charge on any atom is -0.329 e. The molecule has 0 aromatic rings. The molecule has 0 aromatic heterocycles. The molecule has 2 aliphatic heterocycles. The molecule has 1 N–H and O–H groups in total. The second-order valence-electron chi connectivity index (χ2n) is 4.67. The van der Waals surface area contributed by atoms with E-state index in [1.807, 2.05) is 16.7 Å². The van der Waals surface area contributed by atoms with Crippen molar-refractivity contribution in [1.29, 1.82) is 0 Å². The lowest BCUT2D eigenvalue weighted by atomic mass is 9.79. The zero-order valence-electron chi connectivity index (χ0n) is 8.88. The van der Waals surface area contributed by atoms with Crippen molar-refractivity contribution in [3.8, 4) is 0 Å². The van der Waals surface area contributed by atoms with Gasteiger partial charge in [0.05, 0.1) is 6.67 Å². The Balaban J connectivity index is 2.29. The maximum absolute atomic E-state index is 12.2. The van der Waals surface area contributed by atoms with Crippen LogP contribution in [0.1, 0.15) is 13.8 Å². The second kappa shape index (κ2) is 3.74. The quantitative estimate of drug-likeness (QED) is 0.646. The van der Waals surface area contributed by atoms with Gasteiger partial charge >= 0.3 is 0 Å². The summed E-state index contributed by atoms with van der Waals surface area (Å²) in [4.78, 5) is 14.1. The standard InChI is InChI=1S/C10H18N2OS/c1-10(2)8-5-11-7-12(9(10)13)3-4-14-6-8/h8,11H,3-7H2,1-2H3. The fraction of sp³-hybridized carbons (Fsp3) is 0.900. The molecule has 0 spiro atoms. The van der Waals surface area contributed by atoms with E-state index < -0.39 is 0 Å². The van der Waals surface area contributed by atoms with Crippen molar-refractivity contribution >= 4 is 17.7 Å². The molecule has 0 saturated carbocycles. The van der Waals surface area contributed by atoms with Crippen LogP contribution in [0, 0.1) is 11.3 Å². The molecule has 2 rings (SSSR count). The van der Waals surface area contributed by atoms with Crippen molar-refractivity contribution in [3.63, 3.8) is 0 Å². The highest BCUT2D eigenvalue weighted by atomic mass is 32.2. The van der Waals surface area contributed by atoms with Crippen molar-refractivity contribution in [2.24, 2.45) is 11.3 Å². The Bertz CT molecular complexity index is 238. The minimum atomic E-state index is -0.184. The molecule has 2 heterocycles. The first-order valence-electron chi connectivity index (χ1n) is 5.20. The van der Waals surface area contributed by atoms with Crippen LogP contribution in [0.2, 0.25) is 0 Å². The fourth-order valence-corrected chi connectivity index (χ4v) is 3.47. The van der Waals surface area contributed by atoms with Crippen molar-refractivity contribution in [1.82, 2.24) is 10.2 Å². The van der Waals surface area contributed by atoms with E-state index in [1.165, 1.54) is 0 Å². The Labute approximate surface area is 89.6 Å². The Hall–Kier alpha value is -0.220. The highest BCUT2D eigenvalue weighted by Gasteiger charge is 2.42. The Kier molecular flexibility index (Phi) is 2.75. The molecular weight excluding hydrogens is 196 g/mol. The summed E-state index contributed by atoms with van der Waals surface area (Å²) >= 11 is 1.98. The first-order valence-corrected chi connectivity index (χ1v) is 6.35. The van der Waals surface area contributed by atoms with Gasteiger partial charge in [-0.2, -0.15) is 11.8 Å². The van der Waals surface area contributed by atoms with Gasteiger partial charge in [-0.05, 0) is 11.7 Å². The summed E-state index contributed by atoms with van der Waals surface area (Å²) in [7, 11) is 0. The molecule has 80 valence electrons. The normalized spacial score (nSPS) is 32.3. The lowest BCUT2D eigenvalue weighted by Gasteiger charge is -2.35. The SMILES string of the molecule is CC1(C)C(=O)N2CCSCC1CNC2. The summed E-state index contributed by atoms with van der Waals surface area (Å²) in [6.07, 6.45) is 0. The molecule has 1 amide bonds. The number of fused-ring (bicyclic) bond motifs is 3. The Morgan fingerprint density at radius 3 is 3.14 bits per heavy atom. The lowest BCUT2D eigenvalue weighted by molar-refractivity contribution is -0.141. The number of amides is 1. The van der Waals surface area contributed by atoms with Crippen LogP contribution in [0.25, 0.3) is 0 Å². The number of nitrogens with one attached hydrogen (secondary N) is 1. The van der Waals surface area contributed by atoms with Gasteiger partial charge in [-0.15, -0.1) is 0 Å². The highest BCUT2D eigenvalue weighted by Crippen LogP contribution is 2.34. The molecule has 0 aliphatic carbocycles. The van der Waals surface area contributed by atoms with Crippen LogP contribution in [0.15, 0.2) is 0 Å². The number of rotatable bonds is 0. The maximum Gasteiger partial charge on any atom is 0.229 e. The third-order valence-corrected chi connectivity index (χ3v) is 4.49. The first kappa shape index (κ1) is 10.3. The molecule has 2 aliphatic rings. The monoisotopic (exact) mass is 214 g/mol. The number of nitrogens with zero attached hydrogens (tertiary/aromatic N) is 1. The molecule has 2 fully saturated rings. The van der Waals surface area contributed by atoms with Gasteiger partial charge in [0.25, 0.3) is 0 Å².